The molecule has 0 bridgehead atoms. The van der Waals surface area contributed by atoms with Crippen molar-refractivity contribution in [2.45, 2.75) is 19.8 Å². The van der Waals surface area contributed by atoms with Gasteiger partial charge in [-0.3, -0.25) is 0 Å². The molecule has 2 aromatic rings. The van der Waals surface area contributed by atoms with E-state index in [1.807, 2.05) is 36.4 Å². The second-order valence-corrected chi connectivity index (χ2v) is 7.78. The van der Waals surface area contributed by atoms with E-state index < -0.39 is 17.9 Å². The molecule has 1 aliphatic rings. The Bertz CT molecular complexity index is 1100. The Morgan fingerprint density at radius 3 is 2.39 bits per heavy atom. The molecular formula is C24H21Cl2NO4. The Labute approximate surface area is 190 Å². The molecule has 160 valence electrons. The standard InChI is InChI=1S/C24H21Cl2NO4/c1-14-19(23(28)29)21(17-11-6-12-18(25)22(17)26)20(15(2)27-14)24(30)31-13-7-10-16-8-4-3-5-9-16/h3-12,21,27H,13H2,1-2H3,(H,28,29). The number of carbonyl (C=O) groups is 2. The van der Waals surface area contributed by atoms with Crippen molar-refractivity contribution in [1.82, 2.24) is 5.32 Å². The van der Waals surface area contributed by atoms with Crippen LogP contribution in [0, 0.1) is 0 Å². The van der Waals surface area contributed by atoms with Gasteiger partial charge in [0.1, 0.15) is 6.61 Å². The Balaban J connectivity index is 1.93. The highest BCUT2D eigenvalue weighted by Crippen LogP contribution is 2.43. The lowest BCUT2D eigenvalue weighted by Gasteiger charge is -2.30. The van der Waals surface area contributed by atoms with Crippen molar-refractivity contribution in [3.05, 3.63) is 98.3 Å². The van der Waals surface area contributed by atoms with Gasteiger partial charge in [-0.05, 0) is 37.1 Å². The minimum Gasteiger partial charge on any atom is -0.478 e. The van der Waals surface area contributed by atoms with E-state index in [-0.39, 0.29) is 27.8 Å². The molecule has 0 aliphatic carbocycles. The maximum absolute atomic E-state index is 13.0. The molecule has 5 nitrogen and oxygen atoms in total. The number of carboxylic acid groups (broad SMARTS) is 1. The van der Waals surface area contributed by atoms with Crippen molar-refractivity contribution >= 4 is 41.2 Å². The molecule has 2 aromatic carbocycles. The summed E-state index contributed by atoms with van der Waals surface area (Å²) >= 11 is 12.6. The lowest BCUT2D eigenvalue weighted by molar-refractivity contribution is -0.138. The van der Waals surface area contributed by atoms with Crippen LogP contribution in [0.1, 0.15) is 30.9 Å². The molecule has 0 aromatic heterocycles. The fraction of sp³-hybridized carbons (Fsp3) is 0.167. The largest absolute Gasteiger partial charge is 0.478 e. The molecule has 1 unspecified atom stereocenters. The molecule has 31 heavy (non-hydrogen) atoms. The molecule has 1 heterocycles. The first-order valence-electron chi connectivity index (χ1n) is 9.55. The molecule has 0 spiro atoms. The van der Waals surface area contributed by atoms with Crippen molar-refractivity contribution in [2.75, 3.05) is 6.61 Å². The zero-order valence-electron chi connectivity index (χ0n) is 17.0. The van der Waals surface area contributed by atoms with Gasteiger partial charge in [0.2, 0.25) is 0 Å². The Morgan fingerprint density at radius 1 is 1.03 bits per heavy atom. The predicted octanol–water partition coefficient (Wildman–Crippen LogP) is 5.57. The molecule has 7 heteroatoms. The predicted molar refractivity (Wildman–Crippen MR) is 122 cm³/mol. The van der Waals surface area contributed by atoms with E-state index in [9.17, 15) is 14.7 Å². The highest BCUT2D eigenvalue weighted by molar-refractivity contribution is 6.42. The van der Waals surface area contributed by atoms with Gasteiger partial charge in [-0.1, -0.05) is 71.7 Å². The summed E-state index contributed by atoms with van der Waals surface area (Å²) in [5, 5.41) is 13.3. The van der Waals surface area contributed by atoms with Crippen LogP contribution in [0.5, 0.6) is 0 Å². The topological polar surface area (TPSA) is 75.6 Å². The fourth-order valence-electron chi connectivity index (χ4n) is 3.55. The average Bonchev–Trinajstić information content (AvgIpc) is 2.73. The van der Waals surface area contributed by atoms with Crippen LogP contribution in [-0.4, -0.2) is 23.7 Å². The van der Waals surface area contributed by atoms with Crippen molar-refractivity contribution in [2.24, 2.45) is 0 Å². The number of esters is 1. The van der Waals surface area contributed by atoms with E-state index in [0.29, 0.717) is 17.0 Å². The number of nitrogens with one attached hydrogen (secondary N) is 1. The van der Waals surface area contributed by atoms with Crippen molar-refractivity contribution in [1.29, 1.82) is 0 Å². The summed E-state index contributed by atoms with van der Waals surface area (Å²) in [5.74, 6) is -2.71. The summed E-state index contributed by atoms with van der Waals surface area (Å²) in [4.78, 5) is 25.1. The molecule has 0 saturated heterocycles. The average molecular weight is 458 g/mol. The normalized spacial score (nSPS) is 16.5. The number of halogens is 2. The summed E-state index contributed by atoms with van der Waals surface area (Å²) in [5.41, 5.74) is 2.52. The van der Waals surface area contributed by atoms with Crippen LogP contribution in [-0.2, 0) is 14.3 Å². The number of carbonyl (C=O) groups excluding carboxylic acids is 1. The number of rotatable bonds is 6. The smallest absolute Gasteiger partial charge is 0.337 e. The van der Waals surface area contributed by atoms with Crippen LogP contribution < -0.4 is 5.32 Å². The number of ether oxygens (including phenoxy) is 1. The van der Waals surface area contributed by atoms with E-state index in [4.69, 9.17) is 27.9 Å². The third-order valence-electron chi connectivity index (χ3n) is 4.92. The van der Waals surface area contributed by atoms with Gasteiger partial charge in [0.05, 0.1) is 27.1 Å². The number of aliphatic carboxylic acids is 1. The highest BCUT2D eigenvalue weighted by atomic mass is 35.5. The third-order valence-corrected chi connectivity index (χ3v) is 5.76. The van der Waals surface area contributed by atoms with Crippen LogP contribution in [0.4, 0.5) is 0 Å². The van der Waals surface area contributed by atoms with E-state index in [1.165, 1.54) is 0 Å². The van der Waals surface area contributed by atoms with Gasteiger partial charge in [-0.15, -0.1) is 0 Å². The molecule has 0 fully saturated rings. The Hall–Kier alpha value is -3.02. The number of carboxylic acids is 1. The summed E-state index contributed by atoms with van der Waals surface area (Å²) < 4.78 is 5.44. The number of benzene rings is 2. The first-order chi connectivity index (χ1) is 14.8. The summed E-state index contributed by atoms with van der Waals surface area (Å²) in [7, 11) is 0. The maximum Gasteiger partial charge on any atom is 0.337 e. The summed E-state index contributed by atoms with van der Waals surface area (Å²) in [6, 6.07) is 14.5. The van der Waals surface area contributed by atoms with Crippen LogP contribution in [0.2, 0.25) is 10.0 Å². The van der Waals surface area contributed by atoms with Crippen molar-refractivity contribution < 1.29 is 19.4 Å². The van der Waals surface area contributed by atoms with Crippen molar-refractivity contribution in [3.8, 4) is 0 Å². The number of hydrogen-bond donors (Lipinski definition) is 2. The molecule has 3 rings (SSSR count). The van der Waals surface area contributed by atoms with E-state index in [1.54, 1.807) is 38.1 Å². The van der Waals surface area contributed by atoms with Crippen molar-refractivity contribution in [3.63, 3.8) is 0 Å². The van der Waals surface area contributed by atoms with Gasteiger partial charge in [-0.25, -0.2) is 9.59 Å². The lowest BCUT2D eigenvalue weighted by atomic mass is 9.80. The van der Waals surface area contributed by atoms with Gasteiger partial charge < -0.3 is 15.2 Å². The van der Waals surface area contributed by atoms with Crippen LogP contribution in [0.15, 0.2) is 77.1 Å². The number of allylic oxidation sites excluding steroid dienone is 2. The van der Waals surface area contributed by atoms with E-state index >= 15 is 0 Å². The van der Waals surface area contributed by atoms with Crippen LogP contribution in [0.3, 0.4) is 0 Å². The molecule has 0 saturated carbocycles. The monoisotopic (exact) mass is 457 g/mol. The number of hydrogen-bond acceptors (Lipinski definition) is 4. The first kappa shape index (κ1) is 22.7. The van der Waals surface area contributed by atoms with Gasteiger partial charge >= 0.3 is 11.9 Å². The van der Waals surface area contributed by atoms with Gasteiger partial charge in [0.15, 0.2) is 0 Å². The van der Waals surface area contributed by atoms with Gasteiger partial charge in [0.25, 0.3) is 0 Å². The second kappa shape index (κ2) is 9.86. The highest BCUT2D eigenvalue weighted by Gasteiger charge is 2.38. The van der Waals surface area contributed by atoms with E-state index in [0.717, 1.165) is 5.56 Å². The maximum atomic E-state index is 13.0. The minimum atomic E-state index is -1.16. The quantitative estimate of drug-likeness (QED) is 0.554. The fourth-order valence-corrected chi connectivity index (χ4v) is 3.97. The Morgan fingerprint density at radius 2 is 1.71 bits per heavy atom. The zero-order valence-corrected chi connectivity index (χ0v) is 18.5. The molecule has 1 atom stereocenters. The van der Waals surface area contributed by atoms with E-state index in [2.05, 4.69) is 5.32 Å². The molecule has 1 aliphatic heterocycles. The third kappa shape index (κ3) is 5.01. The van der Waals surface area contributed by atoms with Gasteiger partial charge in [0, 0.05) is 11.4 Å². The van der Waals surface area contributed by atoms with Crippen LogP contribution in [0.25, 0.3) is 6.08 Å². The Kier molecular flexibility index (Phi) is 7.21. The molecule has 2 N–H and O–H groups in total. The first-order valence-corrected chi connectivity index (χ1v) is 10.3. The SMILES string of the molecule is CC1=C(C(=O)O)C(c2cccc(Cl)c2Cl)C(C(=O)OCC=Cc2ccccc2)=C(C)N1. The summed E-state index contributed by atoms with van der Waals surface area (Å²) in [6.07, 6.45) is 3.56. The molecular weight excluding hydrogens is 437 g/mol. The van der Waals surface area contributed by atoms with Crippen LogP contribution >= 0.6 is 23.2 Å². The second-order valence-electron chi connectivity index (χ2n) is 7.00. The molecule has 0 radical (unpaired) electrons. The van der Waals surface area contributed by atoms with Gasteiger partial charge in [-0.2, -0.15) is 0 Å². The molecule has 0 amide bonds. The summed E-state index contributed by atoms with van der Waals surface area (Å²) in [6.45, 7) is 3.37. The zero-order chi connectivity index (χ0) is 22.5. The lowest BCUT2D eigenvalue weighted by Crippen LogP contribution is -2.32. The minimum absolute atomic E-state index is 0.0153. The number of dihydropyridines is 1.